The molecule has 164 valence electrons. The minimum atomic E-state index is -0.388. The molecule has 1 aliphatic carbocycles. The third-order valence-corrected chi connectivity index (χ3v) is 7.37. The van der Waals surface area contributed by atoms with Gasteiger partial charge in [0.05, 0.1) is 6.04 Å². The molecule has 1 fully saturated rings. The molecule has 0 N–H and O–H groups in total. The van der Waals surface area contributed by atoms with Crippen molar-refractivity contribution in [2.75, 3.05) is 13.1 Å². The van der Waals surface area contributed by atoms with Crippen LogP contribution in [-0.4, -0.2) is 40.7 Å². The lowest BCUT2D eigenvalue weighted by atomic mass is 9.93. The average molecular weight is 469 g/mol. The molecule has 0 saturated heterocycles. The van der Waals surface area contributed by atoms with Gasteiger partial charge in [-0.2, -0.15) is 0 Å². The fourth-order valence-corrected chi connectivity index (χ4v) is 5.37. The molecule has 3 aromatic rings. The number of nitrogens with zero attached hydrogens (tertiary/aromatic N) is 2. The monoisotopic (exact) mass is 468 g/mol. The number of amides is 2. The third kappa shape index (κ3) is 4.17. The molecule has 2 aliphatic rings. The van der Waals surface area contributed by atoms with Gasteiger partial charge in [0.15, 0.2) is 0 Å². The standard InChI is InChI=1S/C25H22ClFN2O2S/c26-18-5-1-16(2-6-18)24-21-12-14-32-22(21)11-13-28(24)23(30)15-29(20-9-10-20)25(31)17-3-7-19(27)8-4-17/h1-8,12,14,20,24H,9-11,13,15H2. The van der Waals surface area contributed by atoms with E-state index in [0.717, 1.165) is 30.4 Å². The summed E-state index contributed by atoms with van der Waals surface area (Å²) >= 11 is 7.81. The van der Waals surface area contributed by atoms with E-state index in [-0.39, 0.29) is 36.3 Å². The van der Waals surface area contributed by atoms with Crippen LogP contribution >= 0.6 is 22.9 Å². The van der Waals surface area contributed by atoms with Gasteiger partial charge in [0.2, 0.25) is 5.91 Å². The molecule has 1 aliphatic heterocycles. The fourth-order valence-electron chi connectivity index (χ4n) is 4.34. The number of thiophene rings is 1. The van der Waals surface area contributed by atoms with Crippen molar-refractivity contribution in [1.29, 1.82) is 0 Å². The first kappa shape index (κ1) is 21.2. The van der Waals surface area contributed by atoms with Crippen molar-refractivity contribution < 1.29 is 14.0 Å². The molecule has 1 saturated carbocycles. The number of halogens is 2. The van der Waals surface area contributed by atoms with Crippen LogP contribution in [-0.2, 0) is 11.2 Å². The Morgan fingerprint density at radius 3 is 2.47 bits per heavy atom. The van der Waals surface area contributed by atoms with E-state index in [1.807, 2.05) is 29.2 Å². The normalized spacial score (nSPS) is 17.7. The van der Waals surface area contributed by atoms with Crippen LogP contribution in [0.5, 0.6) is 0 Å². The fraction of sp³-hybridized carbons (Fsp3) is 0.280. The summed E-state index contributed by atoms with van der Waals surface area (Å²) in [6.07, 6.45) is 2.57. The zero-order valence-electron chi connectivity index (χ0n) is 17.3. The van der Waals surface area contributed by atoms with Crippen LogP contribution in [0.25, 0.3) is 0 Å². The predicted molar refractivity (Wildman–Crippen MR) is 123 cm³/mol. The molecule has 2 aromatic carbocycles. The summed E-state index contributed by atoms with van der Waals surface area (Å²) in [4.78, 5) is 31.5. The molecule has 0 radical (unpaired) electrons. The maximum Gasteiger partial charge on any atom is 0.254 e. The molecule has 7 heteroatoms. The van der Waals surface area contributed by atoms with Crippen LogP contribution in [0.15, 0.2) is 60.0 Å². The SMILES string of the molecule is O=C(c1ccc(F)cc1)N(CC(=O)N1CCc2sccc2C1c1ccc(Cl)cc1)C1CC1. The first-order chi connectivity index (χ1) is 15.5. The summed E-state index contributed by atoms with van der Waals surface area (Å²) in [5.41, 5.74) is 2.55. The van der Waals surface area contributed by atoms with Gasteiger partial charge in [-0.05, 0) is 78.2 Å². The Kier molecular flexibility index (Phi) is 5.74. The van der Waals surface area contributed by atoms with Gasteiger partial charge in [0, 0.05) is 28.0 Å². The highest BCUT2D eigenvalue weighted by atomic mass is 35.5. The highest BCUT2D eigenvalue weighted by molar-refractivity contribution is 7.10. The number of benzene rings is 2. The van der Waals surface area contributed by atoms with Crippen molar-refractivity contribution in [2.24, 2.45) is 0 Å². The molecule has 1 aromatic heterocycles. The molecule has 1 atom stereocenters. The molecule has 2 amide bonds. The van der Waals surface area contributed by atoms with E-state index >= 15 is 0 Å². The van der Waals surface area contributed by atoms with Crippen molar-refractivity contribution in [1.82, 2.24) is 9.80 Å². The smallest absolute Gasteiger partial charge is 0.254 e. The molecular weight excluding hydrogens is 447 g/mol. The van der Waals surface area contributed by atoms with Gasteiger partial charge < -0.3 is 9.80 Å². The number of fused-ring (bicyclic) bond motifs is 1. The van der Waals surface area contributed by atoms with Gasteiger partial charge in [-0.3, -0.25) is 9.59 Å². The molecule has 0 spiro atoms. The number of rotatable bonds is 5. The lowest BCUT2D eigenvalue weighted by molar-refractivity contribution is -0.134. The van der Waals surface area contributed by atoms with Crippen molar-refractivity contribution in [3.63, 3.8) is 0 Å². The van der Waals surface area contributed by atoms with Crippen LogP contribution in [0.1, 0.15) is 45.2 Å². The lowest BCUT2D eigenvalue weighted by Crippen LogP contribution is -2.47. The Labute approximate surface area is 195 Å². The van der Waals surface area contributed by atoms with Gasteiger partial charge >= 0.3 is 0 Å². The van der Waals surface area contributed by atoms with E-state index in [9.17, 15) is 14.0 Å². The Morgan fingerprint density at radius 1 is 1.06 bits per heavy atom. The number of carbonyl (C=O) groups is 2. The van der Waals surface area contributed by atoms with Gasteiger partial charge in [0.1, 0.15) is 12.4 Å². The van der Waals surface area contributed by atoms with Crippen LogP contribution in [0, 0.1) is 5.82 Å². The Balaban J connectivity index is 1.42. The first-order valence-corrected chi connectivity index (χ1v) is 11.9. The van der Waals surface area contributed by atoms with E-state index in [1.165, 1.54) is 29.1 Å². The van der Waals surface area contributed by atoms with Crippen molar-refractivity contribution in [3.05, 3.63) is 92.4 Å². The third-order valence-electron chi connectivity index (χ3n) is 6.12. The maximum atomic E-state index is 13.6. The molecule has 32 heavy (non-hydrogen) atoms. The maximum absolute atomic E-state index is 13.6. The van der Waals surface area contributed by atoms with Crippen molar-refractivity contribution in [2.45, 2.75) is 31.3 Å². The van der Waals surface area contributed by atoms with Gasteiger partial charge in [-0.1, -0.05) is 23.7 Å². The van der Waals surface area contributed by atoms with Gasteiger partial charge in [0.25, 0.3) is 5.91 Å². The summed E-state index contributed by atoms with van der Waals surface area (Å²) in [5, 5.41) is 2.72. The van der Waals surface area contributed by atoms with Crippen LogP contribution < -0.4 is 0 Å². The van der Waals surface area contributed by atoms with Crippen molar-refractivity contribution in [3.8, 4) is 0 Å². The second-order valence-electron chi connectivity index (χ2n) is 8.26. The summed E-state index contributed by atoms with van der Waals surface area (Å²) < 4.78 is 13.3. The molecule has 4 nitrogen and oxygen atoms in total. The zero-order chi connectivity index (χ0) is 22.2. The Bertz CT molecular complexity index is 1140. The molecule has 1 unspecified atom stereocenters. The summed E-state index contributed by atoms with van der Waals surface area (Å²) in [7, 11) is 0. The topological polar surface area (TPSA) is 40.6 Å². The zero-order valence-corrected chi connectivity index (χ0v) is 18.9. The second-order valence-corrected chi connectivity index (χ2v) is 9.70. The Morgan fingerprint density at radius 2 is 1.78 bits per heavy atom. The lowest BCUT2D eigenvalue weighted by Gasteiger charge is -2.37. The van der Waals surface area contributed by atoms with Gasteiger partial charge in [-0.25, -0.2) is 4.39 Å². The average Bonchev–Trinajstić information content (AvgIpc) is 3.53. The number of hydrogen-bond donors (Lipinski definition) is 0. The minimum absolute atomic E-state index is 0.0183. The summed E-state index contributed by atoms with van der Waals surface area (Å²) in [6.45, 7) is 0.618. The van der Waals surface area contributed by atoms with Crippen LogP contribution in [0.2, 0.25) is 5.02 Å². The van der Waals surface area contributed by atoms with E-state index in [1.54, 1.807) is 16.2 Å². The van der Waals surface area contributed by atoms with Crippen molar-refractivity contribution >= 4 is 34.8 Å². The van der Waals surface area contributed by atoms with E-state index in [2.05, 4.69) is 11.4 Å². The molecular formula is C25H22ClFN2O2S. The Hall–Kier alpha value is -2.70. The predicted octanol–water partition coefficient (Wildman–Crippen LogP) is 5.32. The van der Waals surface area contributed by atoms with E-state index < -0.39 is 0 Å². The largest absolute Gasteiger partial charge is 0.330 e. The quantitative estimate of drug-likeness (QED) is 0.508. The van der Waals surface area contributed by atoms with E-state index in [0.29, 0.717) is 17.1 Å². The summed E-state index contributed by atoms with van der Waals surface area (Å²) in [5.74, 6) is -0.692. The highest BCUT2D eigenvalue weighted by Gasteiger charge is 2.38. The number of carbonyl (C=O) groups excluding carboxylic acids is 2. The van der Waals surface area contributed by atoms with Crippen LogP contribution in [0.3, 0.4) is 0 Å². The number of hydrogen-bond acceptors (Lipinski definition) is 3. The second kappa shape index (κ2) is 8.68. The van der Waals surface area contributed by atoms with Crippen LogP contribution in [0.4, 0.5) is 4.39 Å². The first-order valence-electron chi connectivity index (χ1n) is 10.7. The highest BCUT2D eigenvalue weighted by Crippen LogP contribution is 2.38. The molecule has 2 heterocycles. The summed E-state index contributed by atoms with van der Waals surface area (Å²) in [6, 6.07) is 15.1. The van der Waals surface area contributed by atoms with Gasteiger partial charge in [-0.15, -0.1) is 11.3 Å². The van der Waals surface area contributed by atoms with E-state index in [4.69, 9.17) is 11.6 Å². The molecule has 0 bridgehead atoms. The molecule has 5 rings (SSSR count). The minimum Gasteiger partial charge on any atom is -0.330 e.